The summed E-state index contributed by atoms with van der Waals surface area (Å²) < 4.78 is 0. The van der Waals surface area contributed by atoms with Gasteiger partial charge in [-0.2, -0.15) is 0 Å². The zero-order valence-electron chi connectivity index (χ0n) is 14.5. The molecule has 0 heteroatoms. The second-order valence-electron chi connectivity index (χ2n) is 7.92. The minimum atomic E-state index is 1.06. The molecule has 0 aliphatic heterocycles. The average Bonchev–Trinajstić information content (AvgIpc) is 2.53. The van der Waals surface area contributed by atoms with E-state index < -0.39 is 0 Å². The summed E-state index contributed by atoms with van der Waals surface area (Å²) in [5, 5.41) is 0. The van der Waals surface area contributed by atoms with Gasteiger partial charge in [0.15, 0.2) is 0 Å². The Bertz CT molecular complexity index is 264. The van der Waals surface area contributed by atoms with Crippen molar-refractivity contribution in [2.45, 2.75) is 96.8 Å². The first-order chi connectivity index (χ1) is 10.3. The molecule has 2 saturated carbocycles. The molecule has 0 heterocycles. The number of allylic oxidation sites excluding steroid dienone is 1. The summed E-state index contributed by atoms with van der Waals surface area (Å²) in [6, 6.07) is 0. The van der Waals surface area contributed by atoms with Gasteiger partial charge >= 0.3 is 0 Å². The first-order valence-corrected chi connectivity index (χ1v) is 9.94. The van der Waals surface area contributed by atoms with Crippen LogP contribution in [0.1, 0.15) is 96.8 Å². The highest BCUT2D eigenvalue weighted by Gasteiger charge is 2.30. The lowest BCUT2D eigenvalue weighted by Gasteiger charge is -2.38. The van der Waals surface area contributed by atoms with E-state index >= 15 is 0 Å². The Kier molecular flexibility index (Phi) is 7.89. The molecule has 0 aromatic rings. The van der Waals surface area contributed by atoms with Crippen LogP contribution in [0.5, 0.6) is 0 Å². The molecule has 2 rings (SSSR count). The van der Waals surface area contributed by atoms with Gasteiger partial charge in [-0.15, -0.1) is 6.58 Å². The fourth-order valence-corrected chi connectivity index (χ4v) is 5.03. The molecule has 2 fully saturated rings. The van der Waals surface area contributed by atoms with Crippen molar-refractivity contribution in [3.8, 4) is 0 Å². The quantitative estimate of drug-likeness (QED) is 0.329. The molecular weight excluding hydrogens is 252 g/mol. The Hall–Kier alpha value is -0.260. The minimum Gasteiger partial charge on any atom is -0.103 e. The topological polar surface area (TPSA) is 0 Å². The lowest BCUT2D eigenvalue weighted by Crippen LogP contribution is -2.25. The number of rotatable bonds is 8. The fraction of sp³-hybridized carbons (Fsp3) is 0.905. The molecule has 0 aromatic carbocycles. The van der Waals surface area contributed by atoms with Gasteiger partial charge in [-0.1, -0.05) is 64.4 Å². The highest BCUT2D eigenvalue weighted by Crippen LogP contribution is 2.42. The van der Waals surface area contributed by atoms with Crippen molar-refractivity contribution >= 4 is 0 Å². The van der Waals surface area contributed by atoms with E-state index in [2.05, 4.69) is 19.6 Å². The van der Waals surface area contributed by atoms with E-state index in [0.717, 1.165) is 23.7 Å². The second-order valence-corrected chi connectivity index (χ2v) is 7.92. The van der Waals surface area contributed by atoms with Crippen LogP contribution in [0.15, 0.2) is 12.7 Å². The van der Waals surface area contributed by atoms with Crippen molar-refractivity contribution in [1.82, 2.24) is 0 Å². The molecule has 0 N–H and O–H groups in total. The second kappa shape index (κ2) is 9.70. The van der Waals surface area contributed by atoms with Crippen molar-refractivity contribution in [2.75, 3.05) is 0 Å². The summed E-state index contributed by atoms with van der Waals surface area (Å²) in [7, 11) is 0. The van der Waals surface area contributed by atoms with Crippen molar-refractivity contribution in [2.24, 2.45) is 23.7 Å². The lowest BCUT2D eigenvalue weighted by molar-refractivity contribution is 0.140. The van der Waals surface area contributed by atoms with Crippen LogP contribution in [-0.2, 0) is 0 Å². The molecule has 0 aromatic heterocycles. The van der Waals surface area contributed by atoms with Crippen LogP contribution >= 0.6 is 0 Å². The summed E-state index contributed by atoms with van der Waals surface area (Å²) in [5.74, 6) is 4.33. The van der Waals surface area contributed by atoms with Gasteiger partial charge < -0.3 is 0 Å². The van der Waals surface area contributed by atoms with Gasteiger partial charge in [0, 0.05) is 0 Å². The molecule has 2 aliphatic rings. The van der Waals surface area contributed by atoms with Gasteiger partial charge in [0.05, 0.1) is 0 Å². The third-order valence-electron chi connectivity index (χ3n) is 6.42. The molecule has 0 amide bonds. The van der Waals surface area contributed by atoms with Crippen LogP contribution in [0, 0.1) is 23.7 Å². The SMILES string of the molecule is C=CCCCCC1CCC(C2CCC(CCC)CC2)CC1. The zero-order chi connectivity index (χ0) is 14.9. The van der Waals surface area contributed by atoms with E-state index in [1.54, 1.807) is 38.5 Å². The van der Waals surface area contributed by atoms with Crippen LogP contribution in [0.3, 0.4) is 0 Å². The highest BCUT2D eigenvalue weighted by atomic mass is 14.4. The third kappa shape index (κ3) is 5.80. The maximum atomic E-state index is 3.82. The van der Waals surface area contributed by atoms with Crippen molar-refractivity contribution < 1.29 is 0 Å². The first kappa shape index (κ1) is 17.1. The van der Waals surface area contributed by atoms with Crippen molar-refractivity contribution in [3.63, 3.8) is 0 Å². The summed E-state index contributed by atoms with van der Waals surface area (Å²) in [5.41, 5.74) is 0. The van der Waals surface area contributed by atoms with E-state index in [9.17, 15) is 0 Å². The van der Waals surface area contributed by atoms with Crippen molar-refractivity contribution in [3.05, 3.63) is 12.7 Å². The molecular formula is C21H38. The van der Waals surface area contributed by atoms with Gasteiger partial charge in [-0.05, 0) is 62.2 Å². The van der Waals surface area contributed by atoms with Crippen LogP contribution in [0.2, 0.25) is 0 Å². The van der Waals surface area contributed by atoms with E-state index in [4.69, 9.17) is 0 Å². The Morgan fingerprint density at radius 1 is 0.762 bits per heavy atom. The number of unbranched alkanes of at least 4 members (excludes halogenated alkanes) is 2. The molecule has 21 heavy (non-hydrogen) atoms. The van der Waals surface area contributed by atoms with Gasteiger partial charge in [-0.25, -0.2) is 0 Å². The largest absolute Gasteiger partial charge is 0.103 e. The molecule has 0 atom stereocenters. The summed E-state index contributed by atoms with van der Waals surface area (Å²) >= 11 is 0. The number of hydrogen-bond donors (Lipinski definition) is 0. The van der Waals surface area contributed by atoms with Gasteiger partial charge in [0.2, 0.25) is 0 Å². The van der Waals surface area contributed by atoms with Gasteiger partial charge in [-0.3, -0.25) is 0 Å². The Morgan fingerprint density at radius 2 is 1.29 bits per heavy atom. The molecule has 0 radical (unpaired) electrons. The molecule has 0 saturated heterocycles. The van der Waals surface area contributed by atoms with Gasteiger partial charge in [0.1, 0.15) is 0 Å². The predicted octanol–water partition coefficient (Wildman–Crippen LogP) is 7.15. The third-order valence-corrected chi connectivity index (χ3v) is 6.42. The summed E-state index contributed by atoms with van der Waals surface area (Å²) in [4.78, 5) is 0. The molecule has 122 valence electrons. The average molecular weight is 291 g/mol. The minimum absolute atomic E-state index is 1.06. The Labute approximate surface area is 133 Å². The van der Waals surface area contributed by atoms with E-state index in [1.807, 2.05) is 0 Å². The van der Waals surface area contributed by atoms with Crippen molar-refractivity contribution in [1.29, 1.82) is 0 Å². The standard InChI is InChI=1S/C21H38/c1-3-5-6-7-9-19-12-16-21(17-13-19)20-14-10-18(8-4-2)11-15-20/h3,18-21H,1,4-17H2,2H3. The monoisotopic (exact) mass is 290 g/mol. The molecule has 2 aliphatic carbocycles. The smallest absolute Gasteiger partial charge is 0.0353 e. The zero-order valence-corrected chi connectivity index (χ0v) is 14.5. The summed E-state index contributed by atoms with van der Waals surface area (Å²) in [6.07, 6.45) is 22.8. The maximum Gasteiger partial charge on any atom is -0.0353 e. The molecule has 0 bridgehead atoms. The van der Waals surface area contributed by atoms with Crippen LogP contribution < -0.4 is 0 Å². The normalized spacial score (nSPS) is 33.8. The van der Waals surface area contributed by atoms with E-state index in [1.165, 1.54) is 51.4 Å². The Morgan fingerprint density at radius 3 is 1.76 bits per heavy atom. The molecule has 0 nitrogen and oxygen atoms in total. The first-order valence-electron chi connectivity index (χ1n) is 9.94. The van der Waals surface area contributed by atoms with Crippen LogP contribution in [0.25, 0.3) is 0 Å². The fourth-order valence-electron chi connectivity index (χ4n) is 5.03. The number of hydrogen-bond acceptors (Lipinski definition) is 0. The van der Waals surface area contributed by atoms with E-state index in [0.29, 0.717) is 0 Å². The molecule has 0 spiro atoms. The molecule has 0 unspecified atom stereocenters. The maximum absolute atomic E-state index is 3.82. The summed E-state index contributed by atoms with van der Waals surface area (Å²) in [6.45, 7) is 6.17. The predicted molar refractivity (Wildman–Crippen MR) is 94.5 cm³/mol. The van der Waals surface area contributed by atoms with Crippen LogP contribution in [0.4, 0.5) is 0 Å². The Balaban J connectivity index is 1.59. The van der Waals surface area contributed by atoms with Crippen LogP contribution in [-0.4, -0.2) is 0 Å². The lowest BCUT2D eigenvalue weighted by atomic mass is 9.68. The van der Waals surface area contributed by atoms with E-state index in [-0.39, 0.29) is 0 Å². The van der Waals surface area contributed by atoms with Gasteiger partial charge in [0.25, 0.3) is 0 Å². The highest BCUT2D eigenvalue weighted by molar-refractivity contribution is 4.82.